The molecular formula is C15H22N2O5S. The van der Waals surface area contributed by atoms with Crippen LogP contribution in [-0.2, 0) is 10.0 Å². The van der Waals surface area contributed by atoms with Crippen LogP contribution in [0.5, 0.6) is 17.2 Å². The van der Waals surface area contributed by atoms with Crippen molar-refractivity contribution in [3.63, 3.8) is 0 Å². The lowest BCUT2D eigenvalue weighted by atomic mass is 9.92. The smallest absolute Gasteiger partial charge is 0.244 e. The van der Waals surface area contributed by atoms with Gasteiger partial charge in [0.1, 0.15) is 11.4 Å². The van der Waals surface area contributed by atoms with Gasteiger partial charge in [-0.15, -0.1) is 0 Å². The number of hydrazone groups is 1. The van der Waals surface area contributed by atoms with Gasteiger partial charge in [0.25, 0.3) is 0 Å². The van der Waals surface area contributed by atoms with Crippen molar-refractivity contribution in [2.45, 2.75) is 32.8 Å². The van der Waals surface area contributed by atoms with Gasteiger partial charge in [0.15, 0.2) is 11.5 Å². The molecule has 0 unspecified atom stereocenters. The molecule has 0 atom stereocenters. The first kappa shape index (κ1) is 17.4. The number of nitrogens with zero attached hydrogens (tertiary/aromatic N) is 1. The van der Waals surface area contributed by atoms with Gasteiger partial charge in [0, 0.05) is 18.1 Å². The zero-order valence-electron chi connectivity index (χ0n) is 14.0. The maximum atomic E-state index is 11.3. The van der Waals surface area contributed by atoms with E-state index in [0.29, 0.717) is 41.6 Å². The van der Waals surface area contributed by atoms with Gasteiger partial charge in [0.2, 0.25) is 10.0 Å². The molecule has 0 aliphatic carbocycles. The highest BCUT2D eigenvalue weighted by molar-refractivity contribution is 7.88. The Labute approximate surface area is 136 Å². The summed E-state index contributed by atoms with van der Waals surface area (Å²) in [6, 6.07) is 3.49. The molecule has 0 saturated carbocycles. The van der Waals surface area contributed by atoms with Crippen LogP contribution in [0, 0.1) is 0 Å². The molecule has 1 N–H and O–H groups in total. The van der Waals surface area contributed by atoms with E-state index in [0.717, 1.165) is 6.26 Å². The fraction of sp³-hybridized carbons (Fsp3) is 0.533. The maximum absolute atomic E-state index is 11.3. The molecule has 0 bridgehead atoms. The zero-order chi connectivity index (χ0) is 17.3. The van der Waals surface area contributed by atoms with Crippen LogP contribution in [-0.4, -0.2) is 39.7 Å². The molecule has 23 heavy (non-hydrogen) atoms. The summed E-state index contributed by atoms with van der Waals surface area (Å²) in [5, 5.41) is 4.04. The van der Waals surface area contributed by atoms with Crippen LogP contribution in [0.1, 0.15) is 32.8 Å². The fourth-order valence-corrected chi connectivity index (χ4v) is 2.63. The lowest BCUT2D eigenvalue weighted by Gasteiger charge is -2.33. The number of hydrogen-bond donors (Lipinski definition) is 1. The minimum absolute atomic E-state index is 0.458. The van der Waals surface area contributed by atoms with Crippen LogP contribution in [0.2, 0.25) is 0 Å². The monoisotopic (exact) mass is 342 g/mol. The molecule has 1 aliphatic rings. The summed E-state index contributed by atoms with van der Waals surface area (Å²) in [5.74, 6) is 1.70. The molecule has 7 nitrogen and oxygen atoms in total. The number of ether oxygens (including phenoxy) is 3. The third-order valence-corrected chi connectivity index (χ3v) is 3.63. The SMILES string of the molecule is CCOc1cc2c(cc1OC)/C(=N/NS(C)(=O)=O)CC(C)(C)O2. The quantitative estimate of drug-likeness (QED) is 0.826. The number of fused-ring (bicyclic) bond motifs is 1. The first-order chi connectivity index (χ1) is 10.6. The van der Waals surface area contributed by atoms with Crippen molar-refractivity contribution in [1.82, 2.24) is 4.83 Å². The summed E-state index contributed by atoms with van der Waals surface area (Å²) in [5.41, 5.74) is 0.757. The summed E-state index contributed by atoms with van der Waals surface area (Å²) >= 11 is 0. The Kier molecular flexibility index (Phi) is 4.74. The van der Waals surface area contributed by atoms with Crippen LogP contribution < -0.4 is 19.0 Å². The molecule has 0 spiro atoms. The van der Waals surface area contributed by atoms with Crippen molar-refractivity contribution < 1.29 is 22.6 Å². The fourth-order valence-electron chi connectivity index (χ4n) is 2.35. The van der Waals surface area contributed by atoms with E-state index in [4.69, 9.17) is 14.2 Å². The topological polar surface area (TPSA) is 86.2 Å². The number of rotatable bonds is 5. The second-order valence-electron chi connectivity index (χ2n) is 5.89. The normalized spacial score (nSPS) is 18.0. The first-order valence-electron chi connectivity index (χ1n) is 7.23. The van der Waals surface area contributed by atoms with E-state index in [-0.39, 0.29) is 0 Å². The summed E-state index contributed by atoms with van der Waals surface area (Å²) < 4.78 is 39.5. The van der Waals surface area contributed by atoms with Crippen molar-refractivity contribution in [2.24, 2.45) is 5.10 Å². The predicted octanol–water partition coefficient (Wildman–Crippen LogP) is 1.91. The van der Waals surface area contributed by atoms with Gasteiger partial charge in [-0.1, -0.05) is 0 Å². The minimum Gasteiger partial charge on any atom is -0.493 e. The lowest BCUT2D eigenvalue weighted by molar-refractivity contribution is 0.110. The number of nitrogens with one attached hydrogen (secondary N) is 1. The molecule has 1 aromatic rings. The van der Waals surface area contributed by atoms with E-state index in [1.165, 1.54) is 0 Å². The van der Waals surface area contributed by atoms with Crippen LogP contribution in [0.4, 0.5) is 0 Å². The second-order valence-corrected chi connectivity index (χ2v) is 7.62. The minimum atomic E-state index is -3.43. The Balaban J connectivity index is 2.54. The largest absolute Gasteiger partial charge is 0.493 e. The van der Waals surface area contributed by atoms with E-state index < -0.39 is 15.6 Å². The number of sulfonamides is 1. The highest BCUT2D eigenvalue weighted by atomic mass is 32.2. The molecule has 8 heteroatoms. The third-order valence-electron chi connectivity index (χ3n) is 3.20. The molecule has 0 radical (unpaired) electrons. The maximum Gasteiger partial charge on any atom is 0.244 e. The molecule has 1 aromatic carbocycles. The van der Waals surface area contributed by atoms with Crippen LogP contribution >= 0.6 is 0 Å². The average molecular weight is 342 g/mol. The summed E-state index contributed by atoms with van der Waals surface area (Å²) in [6.07, 6.45) is 1.51. The van der Waals surface area contributed by atoms with Gasteiger partial charge in [-0.2, -0.15) is 5.10 Å². The Morgan fingerprint density at radius 2 is 2.04 bits per heavy atom. The van der Waals surface area contributed by atoms with Crippen molar-refractivity contribution in [2.75, 3.05) is 20.0 Å². The summed E-state index contributed by atoms with van der Waals surface area (Å²) in [7, 11) is -1.88. The van der Waals surface area contributed by atoms with Crippen LogP contribution in [0.15, 0.2) is 17.2 Å². The van der Waals surface area contributed by atoms with Crippen molar-refractivity contribution in [3.05, 3.63) is 17.7 Å². The van der Waals surface area contributed by atoms with Crippen LogP contribution in [0.3, 0.4) is 0 Å². The van der Waals surface area contributed by atoms with E-state index >= 15 is 0 Å². The van der Waals surface area contributed by atoms with Gasteiger partial charge < -0.3 is 14.2 Å². The van der Waals surface area contributed by atoms with Gasteiger partial charge in [0.05, 0.1) is 25.7 Å². The first-order valence-corrected chi connectivity index (χ1v) is 9.12. The molecular weight excluding hydrogens is 320 g/mol. The molecule has 0 aromatic heterocycles. The van der Waals surface area contributed by atoms with Crippen molar-refractivity contribution in [3.8, 4) is 17.2 Å². The van der Waals surface area contributed by atoms with Gasteiger partial charge >= 0.3 is 0 Å². The Bertz CT molecular complexity index is 726. The molecule has 0 amide bonds. The highest BCUT2D eigenvalue weighted by Gasteiger charge is 2.33. The number of methoxy groups -OCH3 is 1. The predicted molar refractivity (Wildman–Crippen MR) is 88.0 cm³/mol. The number of hydrogen-bond acceptors (Lipinski definition) is 6. The van der Waals surface area contributed by atoms with Crippen molar-refractivity contribution >= 4 is 15.7 Å². The van der Waals surface area contributed by atoms with Gasteiger partial charge in [-0.3, -0.25) is 0 Å². The van der Waals surface area contributed by atoms with Gasteiger partial charge in [-0.05, 0) is 26.8 Å². The Morgan fingerprint density at radius 1 is 1.35 bits per heavy atom. The Morgan fingerprint density at radius 3 is 2.61 bits per heavy atom. The zero-order valence-corrected chi connectivity index (χ0v) is 14.8. The second kappa shape index (κ2) is 6.27. The molecule has 2 rings (SSSR count). The molecule has 1 aliphatic heterocycles. The Hall–Kier alpha value is -1.96. The molecule has 0 fully saturated rings. The lowest BCUT2D eigenvalue weighted by Crippen LogP contribution is -2.37. The van der Waals surface area contributed by atoms with Crippen LogP contribution in [0.25, 0.3) is 0 Å². The summed E-state index contributed by atoms with van der Waals surface area (Å²) in [4.78, 5) is 2.18. The third kappa shape index (κ3) is 4.28. The van der Waals surface area contributed by atoms with E-state index in [2.05, 4.69) is 9.93 Å². The summed E-state index contributed by atoms with van der Waals surface area (Å²) in [6.45, 7) is 6.20. The standard InChI is InChI=1S/C15H22N2O5S/c1-6-21-14-8-12-10(7-13(14)20-4)11(9-15(2,3)22-12)16-17-23(5,18)19/h7-8,17H,6,9H2,1-5H3/b16-11+. The van der Waals surface area contributed by atoms with E-state index in [1.54, 1.807) is 19.2 Å². The van der Waals surface area contributed by atoms with Crippen molar-refractivity contribution in [1.29, 1.82) is 0 Å². The van der Waals surface area contributed by atoms with E-state index in [1.807, 2.05) is 20.8 Å². The van der Waals surface area contributed by atoms with Gasteiger partial charge in [-0.25, -0.2) is 13.2 Å². The average Bonchev–Trinajstić information content (AvgIpc) is 2.42. The highest BCUT2D eigenvalue weighted by Crippen LogP contribution is 2.41. The number of benzene rings is 1. The van der Waals surface area contributed by atoms with E-state index in [9.17, 15) is 8.42 Å². The molecule has 1 heterocycles. The molecule has 0 saturated heterocycles. The molecule has 128 valence electrons.